The van der Waals surface area contributed by atoms with Crippen LogP contribution in [0.5, 0.6) is 11.5 Å². The summed E-state index contributed by atoms with van der Waals surface area (Å²) in [5.41, 5.74) is 8.29. The number of halogens is 2. The smallest absolute Gasteiger partial charge is 0.339 e. The lowest BCUT2D eigenvalue weighted by molar-refractivity contribution is 0.485. The Morgan fingerprint density at radius 3 is 0.915 bits per heavy atom. The summed E-state index contributed by atoms with van der Waals surface area (Å²) in [5, 5.41) is 0. The molecule has 0 unspecified atom stereocenters. The lowest BCUT2D eigenvalue weighted by atomic mass is 9.66. The third-order valence-corrected chi connectivity index (χ3v) is 15.3. The second-order valence-corrected chi connectivity index (χ2v) is 20.2. The Balaban J connectivity index is 1.29. The standard InChI is InChI=1S/C61H40F2O6S2/c62-47-27-17-29-49(39-47)70(64,65)68-59-53(41-19-5-1-6-20-41)35-45(36-54(59)42-21-7-2-8-22-42)61(57-33-15-13-31-51(57)52-32-14-16-34-58(52)61)46-37-55(43-23-9-3-10-24-43)60(56(38-46)44-25-11-4-12-26-44)69-71(66,67)50-30-18-28-48(63)40-50/h1-40H. The molecule has 0 saturated carbocycles. The predicted molar refractivity (Wildman–Crippen MR) is 274 cm³/mol. The SMILES string of the molecule is O=S(=O)(Oc1c(-c2ccccc2)cc(C2(c3cc(-c4ccccc4)c(OS(=O)(=O)c4cccc(F)c4)c(-c4ccccc4)c3)c3ccccc3-c3ccccc32)cc1-c1ccccc1)c1cccc(F)c1. The van der Waals surface area contributed by atoms with Gasteiger partial charge in [0.15, 0.2) is 11.5 Å². The Morgan fingerprint density at radius 2 is 0.606 bits per heavy atom. The molecule has 11 rings (SSSR count). The molecular formula is C61H40F2O6S2. The molecule has 0 heterocycles. The van der Waals surface area contributed by atoms with Crippen LogP contribution in [0.3, 0.4) is 0 Å². The summed E-state index contributed by atoms with van der Waals surface area (Å²) < 4.78 is 99.5. The van der Waals surface area contributed by atoms with Gasteiger partial charge in [-0.25, -0.2) is 8.78 Å². The molecule has 0 bridgehead atoms. The van der Waals surface area contributed by atoms with Crippen LogP contribution in [0.4, 0.5) is 8.78 Å². The van der Waals surface area contributed by atoms with Crippen LogP contribution in [0.15, 0.2) is 252 Å². The molecule has 0 aliphatic heterocycles. The maximum absolute atomic E-state index is 14.7. The van der Waals surface area contributed by atoms with E-state index in [1.54, 1.807) is 0 Å². The van der Waals surface area contributed by atoms with E-state index in [9.17, 15) is 25.6 Å². The average Bonchev–Trinajstić information content (AvgIpc) is 3.70. The van der Waals surface area contributed by atoms with Crippen molar-refractivity contribution in [3.63, 3.8) is 0 Å². The van der Waals surface area contributed by atoms with E-state index in [1.165, 1.54) is 36.4 Å². The molecule has 0 amide bonds. The fourth-order valence-electron chi connectivity index (χ4n) is 9.78. The maximum atomic E-state index is 14.7. The predicted octanol–water partition coefficient (Wildman–Crippen LogP) is 14.5. The fraction of sp³-hybridized carbons (Fsp3) is 0.0164. The molecule has 0 aromatic heterocycles. The van der Waals surface area contributed by atoms with Crippen molar-refractivity contribution in [1.82, 2.24) is 0 Å². The van der Waals surface area contributed by atoms with Gasteiger partial charge in [0.1, 0.15) is 21.4 Å². The van der Waals surface area contributed by atoms with Gasteiger partial charge >= 0.3 is 20.2 Å². The number of fused-ring (bicyclic) bond motifs is 3. The van der Waals surface area contributed by atoms with Gasteiger partial charge in [0, 0.05) is 22.3 Å². The van der Waals surface area contributed by atoms with Crippen LogP contribution in [0, 0.1) is 11.6 Å². The highest BCUT2D eigenvalue weighted by atomic mass is 32.2. The number of rotatable bonds is 12. The Morgan fingerprint density at radius 1 is 0.310 bits per heavy atom. The molecule has 10 aromatic carbocycles. The van der Waals surface area contributed by atoms with E-state index in [1.807, 2.05) is 170 Å². The van der Waals surface area contributed by atoms with E-state index in [4.69, 9.17) is 8.37 Å². The van der Waals surface area contributed by atoms with E-state index >= 15 is 0 Å². The van der Waals surface area contributed by atoms with Crippen molar-refractivity contribution in [2.75, 3.05) is 0 Å². The third-order valence-electron chi connectivity index (χ3n) is 12.9. The first-order chi connectivity index (χ1) is 34.5. The van der Waals surface area contributed by atoms with Crippen molar-refractivity contribution >= 4 is 20.2 Å². The van der Waals surface area contributed by atoms with Crippen LogP contribution in [-0.4, -0.2) is 16.8 Å². The topological polar surface area (TPSA) is 86.7 Å². The minimum absolute atomic E-state index is 0.0337. The van der Waals surface area contributed by atoms with Crippen molar-refractivity contribution in [3.8, 4) is 67.1 Å². The molecule has 0 spiro atoms. The molecule has 1 aliphatic carbocycles. The largest absolute Gasteiger partial charge is 0.378 e. The maximum Gasteiger partial charge on any atom is 0.339 e. The van der Waals surface area contributed by atoms with Gasteiger partial charge in [-0.05, 0) is 116 Å². The van der Waals surface area contributed by atoms with Gasteiger partial charge in [0.2, 0.25) is 0 Å². The highest BCUT2D eigenvalue weighted by Gasteiger charge is 2.48. The molecular weight excluding hydrogens is 931 g/mol. The molecule has 0 atom stereocenters. The number of hydrogen-bond donors (Lipinski definition) is 0. The molecule has 0 saturated heterocycles. The first kappa shape index (κ1) is 45.0. The van der Waals surface area contributed by atoms with E-state index in [-0.39, 0.29) is 21.3 Å². The monoisotopic (exact) mass is 970 g/mol. The zero-order valence-corrected chi connectivity index (χ0v) is 39.2. The van der Waals surface area contributed by atoms with E-state index < -0.39 is 37.3 Å². The van der Waals surface area contributed by atoms with Gasteiger partial charge in [0.05, 0.1) is 5.41 Å². The highest BCUT2D eigenvalue weighted by molar-refractivity contribution is 7.87. The van der Waals surface area contributed by atoms with Crippen molar-refractivity contribution in [2.45, 2.75) is 15.2 Å². The second kappa shape index (κ2) is 18.1. The van der Waals surface area contributed by atoms with Crippen LogP contribution < -0.4 is 8.37 Å². The zero-order valence-electron chi connectivity index (χ0n) is 37.6. The zero-order chi connectivity index (χ0) is 48.7. The summed E-state index contributed by atoms with van der Waals surface area (Å²) >= 11 is 0. The van der Waals surface area contributed by atoms with E-state index in [2.05, 4.69) is 24.3 Å². The second-order valence-electron chi connectivity index (χ2n) is 17.1. The molecule has 1 aliphatic rings. The Hall–Kier alpha value is -8.44. The van der Waals surface area contributed by atoms with Crippen LogP contribution in [-0.2, 0) is 25.7 Å². The molecule has 0 fully saturated rings. The fourth-order valence-corrected chi connectivity index (χ4v) is 11.8. The molecule has 0 N–H and O–H groups in total. The quantitative estimate of drug-likeness (QED) is 0.113. The lowest BCUT2D eigenvalue weighted by Crippen LogP contribution is -2.29. The van der Waals surface area contributed by atoms with Crippen LogP contribution in [0.25, 0.3) is 55.6 Å². The molecule has 10 heteroatoms. The van der Waals surface area contributed by atoms with Crippen molar-refractivity contribution < 1.29 is 34.0 Å². The van der Waals surface area contributed by atoms with Crippen molar-refractivity contribution in [3.05, 3.63) is 277 Å². The first-order valence-electron chi connectivity index (χ1n) is 22.7. The summed E-state index contributed by atoms with van der Waals surface area (Å²) in [6.07, 6.45) is 0. The first-order valence-corrected chi connectivity index (χ1v) is 25.5. The highest BCUT2D eigenvalue weighted by Crippen LogP contribution is 2.59. The number of benzene rings is 10. The Bertz CT molecular complexity index is 3490. The third kappa shape index (κ3) is 8.16. The van der Waals surface area contributed by atoms with Gasteiger partial charge < -0.3 is 8.37 Å². The molecule has 346 valence electrons. The summed E-state index contributed by atoms with van der Waals surface area (Å²) in [6, 6.07) is 71.0. The van der Waals surface area contributed by atoms with Crippen LogP contribution >= 0.6 is 0 Å². The van der Waals surface area contributed by atoms with Crippen LogP contribution in [0.2, 0.25) is 0 Å². The van der Waals surface area contributed by atoms with Gasteiger partial charge in [-0.1, -0.05) is 182 Å². The van der Waals surface area contributed by atoms with Gasteiger partial charge in [-0.15, -0.1) is 0 Å². The summed E-state index contributed by atoms with van der Waals surface area (Å²) in [6.45, 7) is 0. The number of hydrogen-bond acceptors (Lipinski definition) is 6. The van der Waals surface area contributed by atoms with Crippen molar-refractivity contribution in [1.29, 1.82) is 0 Å². The lowest BCUT2D eigenvalue weighted by Gasteiger charge is -2.36. The Labute approximate surface area is 411 Å². The molecule has 6 nitrogen and oxygen atoms in total. The normalized spacial score (nSPS) is 12.7. The van der Waals surface area contributed by atoms with E-state index in [0.717, 1.165) is 45.5 Å². The van der Waals surface area contributed by atoms with Gasteiger partial charge in [0.25, 0.3) is 0 Å². The van der Waals surface area contributed by atoms with Gasteiger partial charge in [-0.3, -0.25) is 0 Å². The van der Waals surface area contributed by atoms with Crippen molar-refractivity contribution in [2.24, 2.45) is 0 Å². The minimum Gasteiger partial charge on any atom is -0.378 e. The molecule has 0 radical (unpaired) electrons. The van der Waals surface area contributed by atoms with Crippen LogP contribution in [0.1, 0.15) is 22.3 Å². The summed E-state index contributed by atoms with van der Waals surface area (Å²) in [7, 11) is -9.26. The minimum atomic E-state index is -4.63. The van der Waals surface area contributed by atoms with E-state index in [0.29, 0.717) is 44.5 Å². The molecule has 10 aromatic rings. The Kier molecular flexibility index (Phi) is 11.5. The van der Waals surface area contributed by atoms with Gasteiger partial charge in [-0.2, -0.15) is 16.8 Å². The average molecular weight is 971 g/mol. The molecule has 71 heavy (non-hydrogen) atoms. The summed E-state index contributed by atoms with van der Waals surface area (Å²) in [4.78, 5) is -0.698. The summed E-state index contributed by atoms with van der Waals surface area (Å²) in [5.74, 6) is -1.40.